The molecule has 0 heterocycles. The molecule has 0 aliphatic carbocycles. The van der Waals surface area contributed by atoms with Crippen molar-refractivity contribution >= 4 is 37.5 Å². The number of anilines is 1. The van der Waals surface area contributed by atoms with E-state index in [1.807, 2.05) is 20.8 Å². The zero-order chi connectivity index (χ0) is 19.3. The minimum Gasteiger partial charge on any atom is -0.352 e. The predicted octanol–water partition coefficient (Wildman–Crippen LogP) is 3.81. The van der Waals surface area contributed by atoms with Crippen molar-refractivity contribution in [1.82, 2.24) is 5.32 Å². The summed E-state index contributed by atoms with van der Waals surface area (Å²) in [5.41, 5.74) is 0.426. The Morgan fingerprint density at radius 2 is 1.73 bits per heavy atom. The van der Waals surface area contributed by atoms with Crippen LogP contribution in [0.2, 0.25) is 0 Å². The first kappa shape index (κ1) is 20.5. The van der Waals surface area contributed by atoms with Crippen molar-refractivity contribution in [1.29, 1.82) is 0 Å². The highest BCUT2D eigenvalue weighted by molar-refractivity contribution is 9.10. The fourth-order valence-electron chi connectivity index (χ4n) is 2.26. The second kappa shape index (κ2) is 8.68. The molecule has 0 saturated carbocycles. The van der Waals surface area contributed by atoms with Gasteiger partial charge >= 0.3 is 0 Å². The second-order valence-electron chi connectivity index (χ2n) is 6.40. The molecule has 1 atom stereocenters. The van der Waals surface area contributed by atoms with E-state index in [4.69, 9.17) is 0 Å². The molecule has 0 saturated heterocycles. The number of halogens is 1. The lowest BCUT2D eigenvalue weighted by molar-refractivity contribution is -0.120. The average molecular weight is 439 g/mol. The van der Waals surface area contributed by atoms with Crippen LogP contribution in [0.15, 0.2) is 64.0 Å². The molecular weight excluding hydrogens is 416 g/mol. The third-order valence-electron chi connectivity index (χ3n) is 4.10. The van der Waals surface area contributed by atoms with Crippen molar-refractivity contribution in [3.05, 3.63) is 59.1 Å². The standard InChI is InChI=1S/C19H23BrN2O3S/c1-14(2)15(3)21-19(23)13-22(17-9-7-8-16(20)12-17)26(24,25)18-10-5-4-6-11-18/h4-12,14-15H,13H2,1-3H3,(H,21,23)/t15-/m1/s1. The summed E-state index contributed by atoms with van der Waals surface area (Å²) in [4.78, 5) is 12.6. The number of benzene rings is 2. The molecule has 0 radical (unpaired) electrons. The normalized spacial score (nSPS) is 12.7. The summed E-state index contributed by atoms with van der Waals surface area (Å²) in [6.45, 7) is 5.61. The van der Waals surface area contributed by atoms with Gasteiger partial charge in [-0.05, 0) is 43.2 Å². The van der Waals surface area contributed by atoms with Gasteiger partial charge in [0.05, 0.1) is 10.6 Å². The van der Waals surface area contributed by atoms with Crippen LogP contribution in [0.25, 0.3) is 0 Å². The Morgan fingerprint density at radius 3 is 2.31 bits per heavy atom. The molecule has 0 aromatic heterocycles. The number of nitrogens with one attached hydrogen (secondary N) is 1. The molecule has 7 heteroatoms. The highest BCUT2D eigenvalue weighted by atomic mass is 79.9. The summed E-state index contributed by atoms with van der Waals surface area (Å²) >= 11 is 3.36. The number of nitrogens with zero attached hydrogens (tertiary/aromatic N) is 1. The first-order chi connectivity index (χ1) is 12.2. The molecule has 2 rings (SSSR count). The van der Waals surface area contributed by atoms with E-state index in [2.05, 4.69) is 21.2 Å². The van der Waals surface area contributed by atoms with E-state index in [9.17, 15) is 13.2 Å². The van der Waals surface area contributed by atoms with E-state index in [0.29, 0.717) is 5.69 Å². The van der Waals surface area contributed by atoms with E-state index in [1.54, 1.807) is 42.5 Å². The molecule has 5 nitrogen and oxygen atoms in total. The van der Waals surface area contributed by atoms with Gasteiger partial charge in [0.15, 0.2) is 0 Å². The molecule has 26 heavy (non-hydrogen) atoms. The highest BCUT2D eigenvalue weighted by Crippen LogP contribution is 2.26. The Hall–Kier alpha value is -1.86. The van der Waals surface area contributed by atoms with Crippen LogP contribution in [-0.2, 0) is 14.8 Å². The maximum absolute atomic E-state index is 13.1. The maximum Gasteiger partial charge on any atom is 0.264 e. The summed E-state index contributed by atoms with van der Waals surface area (Å²) < 4.78 is 28.1. The lowest BCUT2D eigenvalue weighted by Gasteiger charge is -2.26. The Bertz CT molecular complexity index is 854. The first-order valence-corrected chi connectivity index (χ1v) is 10.6. The van der Waals surface area contributed by atoms with Crippen molar-refractivity contribution in [3.63, 3.8) is 0 Å². The summed E-state index contributed by atoms with van der Waals surface area (Å²) in [7, 11) is -3.87. The number of hydrogen-bond donors (Lipinski definition) is 1. The summed E-state index contributed by atoms with van der Waals surface area (Å²) in [6, 6.07) is 15.0. The Kier molecular flexibility index (Phi) is 6.83. The van der Waals surface area contributed by atoms with Crippen LogP contribution in [0.1, 0.15) is 20.8 Å². The zero-order valence-electron chi connectivity index (χ0n) is 15.0. The van der Waals surface area contributed by atoms with Crippen LogP contribution < -0.4 is 9.62 Å². The molecule has 0 unspecified atom stereocenters. The number of rotatable bonds is 7. The van der Waals surface area contributed by atoms with Crippen LogP contribution in [0.5, 0.6) is 0 Å². The smallest absolute Gasteiger partial charge is 0.264 e. The van der Waals surface area contributed by atoms with Gasteiger partial charge in [0.25, 0.3) is 10.0 Å². The van der Waals surface area contributed by atoms with Crippen molar-refractivity contribution in [2.24, 2.45) is 5.92 Å². The molecule has 0 aliphatic heterocycles. The van der Waals surface area contributed by atoms with Gasteiger partial charge in [-0.1, -0.05) is 54.0 Å². The van der Waals surface area contributed by atoms with Gasteiger partial charge in [-0.15, -0.1) is 0 Å². The van der Waals surface area contributed by atoms with Crippen molar-refractivity contribution < 1.29 is 13.2 Å². The molecule has 0 aliphatic rings. The second-order valence-corrected chi connectivity index (χ2v) is 9.18. The first-order valence-electron chi connectivity index (χ1n) is 8.34. The highest BCUT2D eigenvalue weighted by Gasteiger charge is 2.27. The van der Waals surface area contributed by atoms with E-state index in [1.165, 1.54) is 12.1 Å². The van der Waals surface area contributed by atoms with Gasteiger partial charge in [-0.3, -0.25) is 9.10 Å². The van der Waals surface area contributed by atoms with Crippen molar-refractivity contribution in [3.8, 4) is 0 Å². The number of sulfonamides is 1. The molecule has 2 aromatic carbocycles. The Labute approximate surface area is 163 Å². The van der Waals surface area contributed by atoms with Crippen molar-refractivity contribution in [2.75, 3.05) is 10.8 Å². The number of carbonyl (C=O) groups is 1. The fraction of sp³-hybridized carbons (Fsp3) is 0.316. The monoisotopic (exact) mass is 438 g/mol. The number of hydrogen-bond acceptors (Lipinski definition) is 3. The summed E-state index contributed by atoms with van der Waals surface area (Å²) in [5, 5.41) is 2.86. The third kappa shape index (κ3) is 5.08. The SMILES string of the molecule is CC(C)[C@@H](C)NC(=O)CN(c1cccc(Br)c1)S(=O)(=O)c1ccccc1. The lowest BCUT2D eigenvalue weighted by atomic mass is 10.1. The van der Waals surface area contributed by atoms with Crippen LogP contribution >= 0.6 is 15.9 Å². The summed E-state index contributed by atoms with van der Waals surface area (Å²) in [5.74, 6) is -0.0883. The zero-order valence-corrected chi connectivity index (χ0v) is 17.4. The van der Waals surface area contributed by atoms with E-state index in [0.717, 1.165) is 8.78 Å². The van der Waals surface area contributed by atoms with Crippen molar-refractivity contribution in [2.45, 2.75) is 31.7 Å². The van der Waals surface area contributed by atoms with Crippen LogP contribution in [0, 0.1) is 5.92 Å². The molecule has 1 amide bonds. The minimum absolute atomic E-state index is 0.0497. The molecule has 140 valence electrons. The largest absolute Gasteiger partial charge is 0.352 e. The quantitative estimate of drug-likeness (QED) is 0.714. The molecule has 0 bridgehead atoms. The van der Waals surface area contributed by atoms with E-state index in [-0.39, 0.29) is 29.3 Å². The Morgan fingerprint density at radius 1 is 1.08 bits per heavy atom. The van der Waals surface area contributed by atoms with Gasteiger partial charge in [0.1, 0.15) is 6.54 Å². The predicted molar refractivity (Wildman–Crippen MR) is 108 cm³/mol. The average Bonchev–Trinajstić information content (AvgIpc) is 2.60. The molecule has 2 aromatic rings. The van der Waals surface area contributed by atoms with Crippen LogP contribution in [-0.4, -0.2) is 26.9 Å². The lowest BCUT2D eigenvalue weighted by Crippen LogP contribution is -2.45. The minimum atomic E-state index is -3.87. The fourth-order valence-corrected chi connectivity index (χ4v) is 4.08. The molecule has 0 spiro atoms. The number of amides is 1. The molecule has 0 fully saturated rings. The topological polar surface area (TPSA) is 66.5 Å². The summed E-state index contributed by atoms with van der Waals surface area (Å²) in [6.07, 6.45) is 0. The van der Waals surface area contributed by atoms with Gasteiger partial charge < -0.3 is 5.32 Å². The Balaban J connectivity index is 2.39. The van der Waals surface area contributed by atoms with Gasteiger partial charge in [0, 0.05) is 10.5 Å². The van der Waals surface area contributed by atoms with Crippen LogP contribution in [0.3, 0.4) is 0 Å². The van der Waals surface area contributed by atoms with Gasteiger partial charge in [0.2, 0.25) is 5.91 Å². The molecular formula is C19H23BrN2O3S. The van der Waals surface area contributed by atoms with Crippen LogP contribution in [0.4, 0.5) is 5.69 Å². The van der Waals surface area contributed by atoms with E-state index >= 15 is 0 Å². The van der Waals surface area contributed by atoms with Gasteiger partial charge in [-0.25, -0.2) is 8.42 Å². The number of carbonyl (C=O) groups excluding carboxylic acids is 1. The molecule has 1 N–H and O–H groups in total. The van der Waals surface area contributed by atoms with Gasteiger partial charge in [-0.2, -0.15) is 0 Å². The maximum atomic E-state index is 13.1. The third-order valence-corrected chi connectivity index (χ3v) is 6.38. The van der Waals surface area contributed by atoms with E-state index < -0.39 is 10.0 Å².